The van der Waals surface area contributed by atoms with Gasteiger partial charge in [-0.25, -0.2) is 0 Å². The summed E-state index contributed by atoms with van der Waals surface area (Å²) < 4.78 is 1.89. The van der Waals surface area contributed by atoms with Gasteiger partial charge in [0.15, 0.2) is 0 Å². The van der Waals surface area contributed by atoms with E-state index >= 15 is 0 Å². The quantitative estimate of drug-likeness (QED) is 0.803. The normalized spacial score (nSPS) is 17.7. The van der Waals surface area contributed by atoms with E-state index in [1.54, 1.807) is 19.3 Å². The van der Waals surface area contributed by atoms with Crippen molar-refractivity contribution in [1.29, 1.82) is 0 Å². The smallest absolute Gasteiger partial charge is 0.269 e. The molecule has 15 heavy (non-hydrogen) atoms. The fourth-order valence-electron chi connectivity index (χ4n) is 2.24. The largest absolute Gasteiger partial charge is 0.354 e. The first-order valence-corrected chi connectivity index (χ1v) is 5.58. The molecule has 0 saturated heterocycles. The summed E-state index contributed by atoms with van der Waals surface area (Å²) in [5.41, 5.74) is 0.685. The number of carbonyl (C=O) groups excluding carboxylic acids is 1. The van der Waals surface area contributed by atoms with Crippen LogP contribution < -0.4 is 5.32 Å². The molecule has 0 spiro atoms. The highest BCUT2D eigenvalue weighted by molar-refractivity contribution is 5.92. The van der Waals surface area contributed by atoms with Crippen LogP contribution in [0.15, 0.2) is 12.3 Å². The molecule has 0 radical (unpaired) electrons. The molecule has 1 aliphatic carbocycles. The molecule has 1 amide bonds. The van der Waals surface area contributed by atoms with Crippen molar-refractivity contribution < 1.29 is 4.79 Å². The Hall–Kier alpha value is -1.32. The van der Waals surface area contributed by atoms with Crippen molar-refractivity contribution in [2.45, 2.75) is 38.1 Å². The summed E-state index contributed by atoms with van der Waals surface area (Å²) in [5.74, 6) is -0.0435. The standard InChI is InChI=1S/C11H17N3O/c1-12-11(15)10-7-8-13-14(10)9-5-3-2-4-6-9/h7-9H,2-6H2,1H3,(H,12,15). The summed E-state index contributed by atoms with van der Waals surface area (Å²) in [6.07, 6.45) is 7.80. The molecule has 1 fully saturated rings. The lowest BCUT2D eigenvalue weighted by atomic mass is 9.95. The van der Waals surface area contributed by atoms with Crippen molar-refractivity contribution in [3.05, 3.63) is 18.0 Å². The van der Waals surface area contributed by atoms with Crippen LogP contribution in [0.4, 0.5) is 0 Å². The zero-order valence-corrected chi connectivity index (χ0v) is 9.07. The van der Waals surface area contributed by atoms with Crippen LogP contribution in [-0.2, 0) is 0 Å². The zero-order chi connectivity index (χ0) is 10.7. The Kier molecular flexibility index (Phi) is 3.04. The second-order valence-electron chi connectivity index (χ2n) is 4.03. The van der Waals surface area contributed by atoms with Gasteiger partial charge in [-0.2, -0.15) is 5.10 Å². The van der Waals surface area contributed by atoms with Crippen molar-refractivity contribution >= 4 is 5.91 Å². The van der Waals surface area contributed by atoms with Crippen LogP contribution in [0.25, 0.3) is 0 Å². The van der Waals surface area contributed by atoms with E-state index in [-0.39, 0.29) is 5.91 Å². The van der Waals surface area contributed by atoms with Gasteiger partial charge in [0, 0.05) is 13.2 Å². The molecule has 0 bridgehead atoms. The molecule has 4 nitrogen and oxygen atoms in total. The average Bonchev–Trinajstić information content (AvgIpc) is 2.78. The Bertz CT molecular complexity index is 339. The number of nitrogens with zero attached hydrogens (tertiary/aromatic N) is 2. The Morgan fingerprint density at radius 3 is 2.87 bits per heavy atom. The zero-order valence-electron chi connectivity index (χ0n) is 9.07. The summed E-state index contributed by atoms with van der Waals surface area (Å²) in [7, 11) is 1.65. The SMILES string of the molecule is CNC(=O)c1ccnn1C1CCCCC1. The van der Waals surface area contributed by atoms with Gasteiger partial charge in [0.25, 0.3) is 5.91 Å². The number of hydrogen-bond donors (Lipinski definition) is 1. The molecule has 0 aliphatic heterocycles. The highest BCUT2D eigenvalue weighted by Crippen LogP contribution is 2.28. The maximum Gasteiger partial charge on any atom is 0.269 e. The van der Waals surface area contributed by atoms with Crippen LogP contribution in [0.5, 0.6) is 0 Å². The van der Waals surface area contributed by atoms with Crippen LogP contribution in [0.1, 0.15) is 48.6 Å². The van der Waals surface area contributed by atoms with E-state index in [0.29, 0.717) is 11.7 Å². The second-order valence-corrected chi connectivity index (χ2v) is 4.03. The minimum absolute atomic E-state index is 0.0435. The summed E-state index contributed by atoms with van der Waals surface area (Å²) in [4.78, 5) is 11.6. The van der Waals surface area contributed by atoms with E-state index in [2.05, 4.69) is 10.4 Å². The van der Waals surface area contributed by atoms with Crippen molar-refractivity contribution in [3.63, 3.8) is 0 Å². The predicted molar refractivity (Wildman–Crippen MR) is 57.7 cm³/mol. The maximum atomic E-state index is 11.6. The fourth-order valence-corrected chi connectivity index (χ4v) is 2.24. The lowest BCUT2D eigenvalue weighted by Gasteiger charge is -2.23. The van der Waals surface area contributed by atoms with Crippen molar-refractivity contribution in [2.24, 2.45) is 0 Å². The fraction of sp³-hybridized carbons (Fsp3) is 0.636. The first-order valence-electron chi connectivity index (χ1n) is 5.58. The van der Waals surface area contributed by atoms with Gasteiger partial charge in [-0.1, -0.05) is 19.3 Å². The van der Waals surface area contributed by atoms with Gasteiger partial charge in [-0.3, -0.25) is 9.48 Å². The molecule has 1 aromatic heterocycles. The highest BCUT2D eigenvalue weighted by atomic mass is 16.1. The Morgan fingerprint density at radius 2 is 2.20 bits per heavy atom. The third-order valence-electron chi connectivity index (χ3n) is 3.05. The molecule has 1 heterocycles. The number of rotatable bonds is 2. The van der Waals surface area contributed by atoms with Gasteiger partial charge in [0.2, 0.25) is 0 Å². The van der Waals surface area contributed by atoms with E-state index in [1.807, 2.05) is 4.68 Å². The van der Waals surface area contributed by atoms with Gasteiger partial charge in [0.1, 0.15) is 5.69 Å². The van der Waals surface area contributed by atoms with Crippen LogP contribution in [-0.4, -0.2) is 22.7 Å². The molecule has 0 aromatic carbocycles. The van der Waals surface area contributed by atoms with Crippen molar-refractivity contribution in [1.82, 2.24) is 15.1 Å². The number of hydrogen-bond acceptors (Lipinski definition) is 2. The summed E-state index contributed by atoms with van der Waals surface area (Å²) >= 11 is 0. The minimum Gasteiger partial charge on any atom is -0.354 e. The number of aromatic nitrogens is 2. The molecular weight excluding hydrogens is 190 g/mol. The number of carbonyl (C=O) groups is 1. The molecule has 4 heteroatoms. The molecule has 1 saturated carbocycles. The van der Waals surface area contributed by atoms with E-state index in [0.717, 1.165) is 12.8 Å². The molecular formula is C11H17N3O. The first kappa shape index (κ1) is 10.2. The lowest BCUT2D eigenvalue weighted by molar-refractivity contribution is 0.0947. The maximum absolute atomic E-state index is 11.6. The van der Waals surface area contributed by atoms with Crippen LogP contribution in [0.3, 0.4) is 0 Å². The minimum atomic E-state index is -0.0435. The molecule has 1 aliphatic rings. The van der Waals surface area contributed by atoms with Crippen molar-refractivity contribution in [3.8, 4) is 0 Å². The summed E-state index contributed by atoms with van der Waals surface area (Å²) in [5, 5.41) is 6.91. The van der Waals surface area contributed by atoms with Crippen LogP contribution in [0, 0.1) is 0 Å². The number of amides is 1. The Morgan fingerprint density at radius 1 is 1.47 bits per heavy atom. The van der Waals surface area contributed by atoms with E-state index in [1.165, 1.54) is 19.3 Å². The predicted octanol–water partition coefficient (Wildman–Crippen LogP) is 1.75. The van der Waals surface area contributed by atoms with Crippen molar-refractivity contribution in [2.75, 3.05) is 7.05 Å². The molecule has 0 atom stereocenters. The van der Waals surface area contributed by atoms with E-state index in [4.69, 9.17) is 0 Å². The molecule has 1 aromatic rings. The van der Waals surface area contributed by atoms with Gasteiger partial charge >= 0.3 is 0 Å². The lowest BCUT2D eigenvalue weighted by Crippen LogP contribution is -2.25. The van der Waals surface area contributed by atoms with E-state index < -0.39 is 0 Å². The Labute approximate surface area is 89.7 Å². The summed E-state index contributed by atoms with van der Waals surface area (Å²) in [6.45, 7) is 0. The van der Waals surface area contributed by atoms with Gasteiger partial charge in [-0.05, 0) is 18.9 Å². The molecule has 0 unspecified atom stereocenters. The summed E-state index contributed by atoms with van der Waals surface area (Å²) in [6, 6.07) is 2.20. The van der Waals surface area contributed by atoms with Gasteiger partial charge < -0.3 is 5.32 Å². The van der Waals surface area contributed by atoms with Gasteiger partial charge in [0.05, 0.1) is 6.04 Å². The topological polar surface area (TPSA) is 46.9 Å². The van der Waals surface area contributed by atoms with Crippen LogP contribution in [0.2, 0.25) is 0 Å². The highest BCUT2D eigenvalue weighted by Gasteiger charge is 2.20. The molecule has 2 rings (SSSR count). The average molecular weight is 207 g/mol. The second kappa shape index (κ2) is 4.47. The third-order valence-corrected chi connectivity index (χ3v) is 3.05. The monoisotopic (exact) mass is 207 g/mol. The molecule has 1 N–H and O–H groups in total. The van der Waals surface area contributed by atoms with E-state index in [9.17, 15) is 4.79 Å². The van der Waals surface area contributed by atoms with Crippen LogP contribution >= 0.6 is 0 Å². The van der Waals surface area contributed by atoms with Gasteiger partial charge in [-0.15, -0.1) is 0 Å². The Balaban J connectivity index is 2.19. The first-order chi connectivity index (χ1) is 7.33. The molecule has 82 valence electrons. The third kappa shape index (κ3) is 2.03. The number of nitrogens with one attached hydrogen (secondary N) is 1.